The Morgan fingerprint density at radius 2 is 2.14 bits per heavy atom. The normalized spacial score (nSPS) is 10.7. The molecule has 0 aliphatic rings. The summed E-state index contributed by atoms with van der Waals surface area (Å²) < 4.78 is 0. The lowest BCUT2D eigenvalue weighted by Crippen LogP contribution is -2.02. The highest BCUT2D eigenvalue weighted by Gasteiger charge is 2.12. The first-order valence-electron chi connectivity index (χ1n) is 4.45. The summed E-state index contributed by atoms with van der Waals surface area (Å²) in [7, 11) is 0. The van der Waals surface area contributed by atoms with E-state index in [4.69, 9.17) is 0 Å². The summed E-state index contributed by atoms with van der Waals surface area (Å²) in [6.07, 6.45) is 0. The van der Waals surface area contributed by atoms with Gasteiger partial charge in [-0.1, -0.05) is 18.2 Å². The molecule has 0 radical (unpaired) electrons. The molecule has 0 unspecified atom stereocenters. The van der Waals surface area contributed by atoms with Gasteiger partial charge in [0.1, 0.15) is 0 Å². The smallest absolute Gasteiger partial charge is 0.188 e. The van der Waals surface area contributed by atoms with Gasteiger partial charge in [-0.25, -0.2) is 0 Å². The van der Waals surface area contributed by atoms with Gasteiger partial charge in [0, 0.05) is 10.9 Å². The first kappa shape index (κ1) is 9.34. The molecule has 2 aromatic rings. The third-order valence-electron chi connectivity index (χ3n) is 2.39. The second kappa shape index (κ2) is 3.50. The van der Waals surface area contributed by atoms with Gasteiger partial charge < -0.3 is 4.98 Å². The molecule has 0 saturated carbocycles. The molecule has 1 N–H and O–H groups in total. The van der Waals surface area contributed by atoms with Crippen LogP contribution in [0.15, 0.2) is 24.3 Å². The first-order chi connectivity index (χ1) is 6.74. The molecule has 2 rings (SSSR count). The molecule has 14 heavy (non-hydrogen) atoms. The van der Waals surface area contributed by atoms with Crippen LogP contribution < -0.4 is 0 Å². The zero-order valence-electron chi connectivity index (χ0n) is 7.87. The topological polar surface area (TPSA) is 32.9 Å². The maximum atomic E-state index is 11.5. The molecular formula is C11H11NOS. The predicted octanol–water partition coefficient (Wildman–Crippen LogP) is 2.59. The van der Waals surface area contributed by atoms with Crippen molar-refractivity contribution in [3.05, 3.63) is 35.5 Å². The lowest BCUT2D eigenvalue weighted by molar-refractivity contribution is 0.101. The fourth-order valence-corrected chi connectivity index (χ4v) is 1.80. The highest BCUT2D eigenvalue weighted by atomic mass is 32.1. The van der Waals surface area contributed by atoms with E-state index in [2.05, 4.69) is 17.6 Å². The van der Waals surface area contributed by atoms with E-state index in [1.165, 1.54) is 0 Å². The maximum absolute atomic E-state index is 11.5. The minimum Gasteiger partial charge on any atom is -0.352 e. The Bertz CT molecular complexity index is 487. The molecule has 1 aromatic heterocycles. The van der Waals surface area contributed by atoms with Crippen LogP contribution in [0.5, 0.6) is 0 Å². The number of fused-ring (bicyclic) bond motifs is 1. The van der Waals surface area contributed by atoms with Gasteiger partial charge >= 0.3 is 0 Å². The molecule has 0 fully saturated rings. The molecule has 0 bridgehead atoms. The number of benzene rings is 1. The highest BCUT2D eigenvalue weighted by Crippen LogP contribution is 2.21. The highest BCUT2D eigenvalue weighted by molar-refractivity contribution is 7.81. The Balaban J connectivity index is 2.68. The van der Waals surface area contributed by atoms with Crippen molar-refractivity contribution in [1.29, 1.82) is 0 Å². The molecule has 1 heterocycles. The van der Waals surface area contributed by atoms with Gasteiger partial charge in [0.15, 0.2) is 5.78 Å². The van der Waals surface area contributed by atoms with Crippen molar-refractivity contribution in [1.82, 2.24) is 4.98 Å². The van der Waals surface area contributed by atoms with Crippen molar-refractivity contribution < 1.29 is 4.79 Å². The molecular weight excluding hydrogens is 194 g/mol. The number of hydrogen-bond acceptors (Lipinski definition) is 2. The molecule has 72 valence electrons. The monoisotopic (exact) mass is 205 g/mol. The van der Waals surface area contributed by atoms with Gasteiger partial charge in [-0.15, -0.1) is 0 Å². The number of Topliss-reactive ketones (excluding diaryl/α,β-unsaturated/α-hetero) is 1. The summed E-state index contributed by atoms with van der Waals surface area (Å²) in [6, 6.07) is 7.90. The second-order valence-electron chi connectivity index (χ2n) is 3.25. The number of para-hydroxylation sites is 1. The molecule has 0 saturated heterocycles. The number of carbonyl (C=O) groups excluding carboxylic acids is 1. The van der Waals surface area contributed by atoms with Crippen molar-refractivity contribution in [3.8, 4) is 0 Å². The van der Waals surface area contributed by atoms with E-state index in [1.54, 1.807) is 0 Å². The maximum Gasteiger partial charge on any atom is 0.188 e. The van der Waals surface area contributed by atoms with E-state index >= 15 is 0 Å². The third kappa shape index (κ3) is 1.34. The number of aromatic nitrogens is 1. The number of ketones is 1. The van der Waals surface area contributed by atoms with E-state index < -0.39 is 0 Å². The minimum atomic E-state index is 0.0435. The summed E-state index contributed by atoms with van der Waals surface area (Å²) >= 11 is 3.99. The third-order valence-corrected chi connectivity index (χ3v) is 2.68. The lowest BCUT2D eigenvalue weighted by atomic mass is 10.1. The summed E-state index contributed by atoms with van der Waals surface area (Å²) in [4.78, 5) is 14.6. The molecule has 0 amide bonds. The SMILES string of the molecule is Cc1c(C(=O)CS)[nH]c2ccccc12. The fraction of sp³-hybridized carbons (Fsp3) is 0.182. The Hall–Kier alpha value is -1.22. The van der Waals surface area contributed by atoms with Crippen LogP contribution in [0.2, 0.25) is 0 Å². The van der Waals surface area contributed by atoms with Crippen LogP contribution in [-0.2, 0) is 0 Å². The van der Waals surface area contributed by atoms with Crippen LogP contribution in [-0.4, -0.2) is 16.5 Å². The Kier molecular flexibility index (Phi) is 2.33. The van der Waals surface area contributed by atoms with E-state index in [0.29, 0.717) is 5.69 Å². The summed E-state index contributed by atoms with van der Waals surface area (Å²) in [5.41, 5.74) is 2.70. The van der Waals surface area contributed by atoms with Crippen LogP contribution in [0.25, 0.3) is 10.9 Å². The van der Waals surface area contributed by atoms with Gasteiger partial charge in [0.25, 0.3) is 0 Å². The van der Waals surface area contributed by atoms with Gasteiger partial charge in [-0.2, -0.15) is 12.6 Å². The Morgan fingerprint density at radius 3 is 2.79 bits per heavy atom. The standard InChI is InChI=1S/C11H11NOS/c1-7-8-4-2-3-5-9(8)12-11(7)10(13)6-14/h2-5,12,14H,6H2,1H3. The van der Waals surface area contributed by atoms with E-state index in [1.807, 2.05) is 31.2 Å². The van der Waals surface area contributed by atoms with Crippen LogP contribution in [0.1, 0.15) is 16.1 Å². The van der Waals surface area contributed by atoms with Crippen molar-refractivity contribution >= 4 is 29.3 Å². The van der Waals surface area contributed by atoms with Crippen molar-refractivity contribution in [2.45, 2.75) is 6.92 Å². The van der Waals surface area contributed by atoms with Crippen molar-refractivity contribution in [2.24, 2.45) is 0 Å². The van der Waals surface area contributed by atoms with Crippen LogP contribution in [0.4, 0.5) is 0 Å². The number of H-pyrrole nitrogens is 1. The number of aryl methyl sites for hydroxylation is 1. The number of carbonyl (C=O) groups is 1. The molecule has 0 spiro atoms. The summed E-state index contributed by atoms with van der Waals surface area (Å²) in [5.74, 6) is 0.287. The van der Waals surface area contributed by atoms with Gasteiger partial charge in [0.2, 0.25) is 0 Å². The predicted molar refractivity (Wildman–Crippen MR) is 61.2 cm³/mol. The molecule has 0 aliphatic carbocycles. The van der Waals surface area contributed by atoms with Gasteiger partial charge in [0.05, 0.1) is 11.4 Å². The van der Waals surface area contributed by atoms with Crippen LogP contribution >= 0.6 is 12.6 Å². The van der Waals surface area contributed by atoms with Crippen molar-refractivity contribution in [2.75, 3.05) is 5.75 Å². The minimum absolute atomic E-state index is 0.0435. The molecule has 1 aromatic carbocycles. The zero-order valence-corrected chi connectivity index (χ0v) is 8.77. The van der Waals surface area contributed by atoms with Gasteiger partial charge in [-0.3, -0.25) is 4.79 Å². The fourth-order valence-electron chi connectivity index (χ4n) is 1.64. The van der Waals surface area contributed by atoms with Gasteiger partial charge in [-0.05, 0) is 18.6 Å². The average molecular weight is 205 g/mol. The Morgan fingerprint density at radius 1 is 1.43 bits per heavy atom. The van der Waals surface area contributed by atoms with E-state index in [-0.39, 0.29) is 11.5 Å². The summed E-state index contributed by atoms with van der Waals surface area (Å²) in [5, 5.41) is 1.11. The largest absolute Gasteiger partial charge is 0.352 e. The molecule has 3 heteroatoms. The Labute approximate surface area is 87.7 Å². The number of hydrogen-bond donors (Lipinski definition) is 2. The first-order valence-corrected chi connectivity index (χ1v) is 5.08. The second-order valence-corrected chi connectivity index (χ2v) is 3.57. The van der Waals surface area contributed by atoms with Crippen LogP contribution in [0, 0.1) is 6.92 Å². The number of aromatic amines is 1. The quantitative estimate of drug-likeness (QED) is 0.573. The molecule has 2 nitrogen and oxygen atoms in total. The molecule has 0 atom stereocenters. The molecule has 0 aliphatic heterocycles. The van der Waals surface area contributed by atoms with E-state index in [0.717, 1.165) is 16.5 Å². The number of thiol groups is 1. The van der Waals surface area contributed by atoms with E-state index in [9.17, 15) is 4.79 Å². The zero-order chi connectivity index (χ0) is 10.1. The average Bonchev–Trinajstić information content (AvgIpc) is 2.56. The lowest BCUT2D eigenvalue weighted by Gasteiger charge is -1.93. The summed E-state index contributed by atoms with van der Waals surface area (Å²) in [6.45, 7) is 1.95. The van der Waals surface area contributed by atoms with Crippen molar-refractivity contribution in [3.63, 3.8) is 0 Å². The van der Waals surface area contributed by atoms with Crippen LogP contribution in [0.3, 0.4) is 0 Å². The number of rotatable bonds is 2. The number of nitrogens with one attached hydrogen (secondary N) is 1.